The zero-order valence-corrected chi connectivity index (χ0v) is 15.5. The Hall–Kier alpha value is -2.48. The number of aromatic nitrogens is 2. The number of carbonyl (C=O) groups is 1. The number of rotatable bonds is 7. The molecule has 2 aromatic rings. The number of carbonyl (C=O) groups excluding carboxylic acids is 1. The molecule has 1 aromatic heterocycles. The lowest BCUT2D eigenvalue weighted by Crippen LogP contribution is -2.32. The molecule has 1 fully saturated rings. The molecule has 0 saturated heterocycles. The molecule has 1 saturated carbocycles. The molecule has 1 aromatic carbocycles. The van der Waals surface area contributed by atoms with Crippen molar-refractivity contribution in [2.45, 2.75) is 37.9 Å². The highest BCUT2D eigenvalue weighted by Gasteiger charge is 2.30. The van der Waals surface area contributed by atoms with Gasteiger partial charge < -0.3 is 4.74 Å². The van der Waals surface area contributed by atoms with E-state index >= 15 is 0 Å². The second-order valence-corrected chi connectivity index (χ2v) is 8.04. The van der Waals surface area contributed by atoms with Crippen molar-refractivity contribution in [3.05, 3.63) is 52.8 Å². The van der Waals surface area contributed by atoms with E-state index in [1.54, 1.807) is 12.1 Å². The number of aryl methyl sites for hydroxylation is 1. The number of nitrogens with zero attached hydrogens (tertiary/aromatic N) is 2. The number of nitrogens with one attached hydrogen (secondary N) is 1. The van der Waals surface area contributed by atoms with Crippen LogP contribution in [0.3, 0.4) is 0 Å². The van der Waals surface area contributed by atoms with E-state index in [2.05, 4.69) is 10.2 Å². The maximum Gasteiger partial charge on any atom is 0.285 e. The lowest BCUT2D eigenvalue weighted by molar-refractivity contribution is 0.0975. The zero-order valence-electron chi connectivity index (χ0n) is 14.7. The summed E-state index contributed by atoms with van der Waals surface area (Å²) in [6.07, 6.45) is 2.91. The highest BCUT2D eigenvalue weighted by atomic mass is 32.2. The van der Waals surface area contributed by atoms with Crippen LogP contribution in [0.4, 0.5) is 0 Å². The van der Waals surface area contributed by atoms with Crippen molar-refractivity contribution in [2.24, 2.45) is 0 Å². The number of sulfonamides is 1. The molecule has 3 rings (SSSR count). The standard InChI is InChI=1S/C18H21N3O4S/c1-3-12-4-6-13(7-5-12)11-26(23,24)21-18(22)15-10-16(25-2)17(20-19-15)14-8-9-14/h4-7,10,14H,3,8-9,11H2,1-2H3,(H,21,22). The third-order valence-electron chi connectivity index (χ3n) is 4.24. The number of methoxy groups -OCH3 is 1. The van der Waals surface area contributed by atoms with Crippen LogP contribution in [-0.4, -0.2) is 31.6 Å². The van der Waals surface area contributed by atoms with Crippen LogP contribution >= 0.6 is 0 Å². The van der Waals surface area contributed by atoms with Crippen molar-refractivity contribution < 1.29 is 17.9 Å². The molecule has 1 N–H and O–H groups in total. The van der Waals surface area contributed by atoms with Crippen LogP contribution in [0.25, 0.3) is 0 Å². The summed E-state index contributed by atoms with van der Waals surface area (Å²) in [7, 11) is -2.36. The average molecular weight is 375 g/mol. The van der Waals surface area contributed by atoms with Crippen molar-refractivity contribution in [1.29, 1.82) is 0 Å². The lowest BCUT2D eigenvalue weighted by atomic mass is 10.1. The molecule has 26 heavy (non-hydrogen) atoms. The summed E-state index contributed by atoms with van der Waals surface area (Å²) in [6, 6.07) is 8.67. The van der Waals surface area contributed by atoms with Gasteiger partial charge in [-0.1, -0.05) is 31.2 Å². The van der Waals surface area contributed by atoms with Gasteiger partial charge >= 0.3 is 0 Å². The summed E-state index contributed by atoms with van der Waals surface area (Å²) in [5.41, 5.74) is 2.35. The Labute approximate surface area is 152 Å². The Kier molecular flexibility index (Phi) is 5.22. The maximum absolute atomic E-state index is 12.3. The fourth-order valence-electron chi connectivity index (χ4n) is 2.62. The maximum atomic E-state index is 12.3. The van der Waals surface area contributed by atoms with Gasteiger partial charge in [-0.2, -0.15) is 5.10 Å². The number of hydrogen-bond acceptors (Lipinski definition) is 6. The number of hydrogen-bond donors (Lipinski definition) is 1. The molecule has 1 amide bonds. The molecule has 1 aliphatic carbocycles. The Balaban J connectivity index is 1.71. The first-order chi connectivity index (χ1) is 12.4. The molecule has 0 atom stereocenters. The predicted molar refractivity (Wildman–Crippen MR) is 96.5 cm³/mol. The van der Waals surface area contributed by atoms with Gasteiger partial charge in [0.05, 0.1) is 12.9 Å². The molecule has 0 radical (unpaired) electrons. The van der Waals surface area contributed by atoms with E-state index in [-0.39, 0.29) is 11.4 Å². The SMILES string of the molecule is CCc1ccc(CS(=O)(=O)NC(=O)c2cc(OC)c(C3CC3)nn2)cc1. The minimum absolute atomic E-state index is 0.0869. The fourth-order valence-corrected chi connectivity index (χ4v) is 3.71. The van der Waals surface area contributed by atoms with E-state index in [1.165, 1.54) is 13.2 Å². The van der Waals surface area contributed by atoms with E-state index < -0.39 is 15.9 Å². The van der Waals surface area contributed by atoms with E-state index in [0.717, 1.165) is 24.8 Å². The number of amides is 1. The van der Waals surface area contributed by atoms with Crippen molar-refractivity contribution in [1.82, 2.24) is 14.9 Å². The Morgan fingerprint density at radius 3 is 2.42 bits per heavy atom. The summed E-state index contributed by atoms with van der Waals surface area (Å²) >= 11 is 0. The summed E-state index contributed by atoms with van der Waals surface area (Å²) in [6.45, 7) is 2.02. The van der Waals surface area contributed by atoms with Crippen LogP contribution in [0.2, 0.25) is 0 Å². The number of benzene rings is 1. The summed E-state index contributed by atoms with van der Waals surface area (Å²) < 4.78 is 31.8. The normalized spacial score (nSPS) is 14.1. The van der Waals surface area contributed by atoms with Gasteiger partial charge in [0.15, 0.2) is 5.69 Å². The minimum atomic E-state index is -3.84. The van der Waals surface area contributed by atoms with Gasteiger partial charge in [0.25, 0.3) is 5.91 Å². The van der Waals surface area contributed by atoms with Gasteiger partial charge in [0.2, 0.25) is 10.0 Å². The van der Waals surface area contributed by atoms with Gasteiger partial charge in [0, 0.05) is 12.0 Å². The molecular weight excluding hydrogens is 354 g/mol. The molecular formula is C18H21N3O4S. The molecule has 138 valence electrons. The first-order valence-electron chi connectivity index (χ1n) is 8.46. The van der Waals surface area contributed by atoms with Crippen LogP contribution in [0.1, 0.15) is 53.0 Å². The van der Waals surface area contributed by atoms with Gasteiger partial charge in [-0.15, -0.1) is 5.10 Å². The highest BCUT2D eigenvalue weighted by Crippen LogP contribution is 2.42. The van der Waals surface area contributed by atoms with E-state index in [4.69, 9.17) is 4.74 Å². The second-order valence-electron chi connectivity index (χ2n) is 6.32. The molecule has 0 aliphatic heterocycles. The van der Waals surface area contributed by atoms with Crippen molar-refractivity contribution in [3.8, 4) is 5.75 Å². The van der Waals surface area contributed by atoms with E-state index in [0.29, 0.717) is 22.9 Å². The Morgan fingerprint density at radius 2 is 1.85 bits per heavy atom. The monoisotopic (exact) mass is 375 g/mol. The smallest absolute Gasteiger partial charge is 0.285 e. The quantitative estimate of drug-likeness (QED) is 0.796. The third-order valence-corrected chi connectivity index (χ3v) is 5.45. The van der Waals surface area contributed by atoms with Crippen molar-refractivity contribution >= 4 is 15.9 Å². The molecule has 1 heterocycles. The largest absolute Gasteiger partial charge is 0.495 e. The first kappa shape index (κ1) is 18.3. The van der Waals surface area contributed by atoms with Crippen LogP contribution in [0, 0.1) is 0 Å². The van der Waals surface area contributed by atoms with Gasteiger partial charge in [0.1, 0.15) is 11.4 Å². The molecule has 0 bridgehead atoms. The third kappa shape index (κ3) is 4.37. The highest BCUT2D eigenvalue weighted by molar-refractivity contribution is 7.89. The number of ether oxygens (including phenoxy) is 1. The van der Waals surface area contributed by atoms with Gasteiger partial charge in [-0.25, -0.2) is 13.1 Å². The lowest BCUT2D eigenvalue weighted by Gasteiger charge is -2.09. The molecule has 0 unspecified atom stereocenters. The summed E-state index contributed by atoms with van der Waals surface area (Å²) in [4.78, 5) is 12.3. The molecule has 8 heteroatoms. The van der Waals surface area contributed by atoms with Crippen molar-refractivity contribution in [2.75, 3.05) is 7.11 Å². The Bertz CT molecular complexity index is 907. The van der Waals surface area contributed by atoms with Gasteiger partial charge in [-0.05, 0) is 30.4 Å². The summed E-state index contributed by atoms with van der Waals surface area (Å²) in [5.74, 6) is -0.332. The predicted octanol–water partition coefficient (Wildman–Crippen LogP) is 2.18. The summed E-state index contributed by atoms with van der Waals surface area (Å²) in [5, 5.41) is 7.89. The van der Waals surface area contributed by atoms with Gasteiger partial charge in [-0.3, -0.25) is 4.79 Å². The van der Waals surface area contributed by atoms with E-state index in [1.807, 2.05) is 23.8 Å². The van der Waals surface area contributed by atoms with Crippen LogP contribution in [0.5, 0.6) is 5.75 Å². The van der Waals surface area contributed by atoms with Crippen molar-refractivity contribution in [3.63, 3.8) is 0 Å². The van der Waals surface area contributed by atoms with Crippen LogP contribution in [0.15, 0.2) is 30.3 Å². The zero-order chi connectivity index (χ0) is 18.7. The molecule has 1 aliphatic rings. The van der Waals surface area contributed by atoms with Crippen LogP contribution < -0.4 is 9.46 Å². The molecule has 7 nitrogen and oxygen atoms in total. The fraction of sp³-hybridized carbons (Fsp3) is 0.389. The Morgan fingerprint density at radius 1 is 1.19 bits per heavy atom. The second kappa shape index (κ2) is 7.41. The first-order valence-corrected chi connectivity index (χ1v) is 10.1. The molecule has 0 spiro atoms. The topological polar surface area (TPSA) is 98.2 Å². The van der Waals surface area contributed by atoms with E-state index in [9.17, 15) is 13.2 Å². The average Bonchev–Trinajstić information content (AvgIpc) is 3.46. The van der Waals surface area contributed by atoms with Crippen LogP contribution in [-0.2, 0) is 22.2 Å². The minimum Gasteiger partial charge on any atom is -0.495 e.